The molecule has 1 saturated heterocycles. The molecule has 5 atom stereocenters. The van der Waals surface area contributed by atoms with Gasteiger partial charge in [-0.1, -0.05) is 36.4 Å². The highest BCUT2D eigenvalue weighted by Crippen LogP contribution is 2.67. The number of ether oxygens (including phenoxy) is 1. The van der Waals surface area contributed by atoms with Gasteiger partial charge in [0.25, 0.3) is 0 Å². The molecule has 6 nitrogen and oxygen atoms in total. The number of amides is 1. The van der Waals surface area contributed by atoms with Gasteiger partial charge < -0.3 is 19.6 Å². The predicted octanol–water partition coefficient (Wildman–Crippen LogP) is 5.72. The molecule has 3 aromatic rings. The third kappa shape index (κ3) is 4.05. The van der Waals surface area contributed by atoms with E-state index >= 15 is 0 Å². The summed E-state index contributed by atoms with van der Waals surface area (Å²) >= 11 is 5.11. The molecule has 0 radical (unpaired) electrons. The molecule has 1 spiro atoms. The molecule has 42 heavy (non-hydrogen) atoms. The molecular formula is C34H38BrN3O3S. The van der Waals surface area contributed by atoms with Crippen molar-refractivity contribution in [3.63, 3.8) is 0 Å². The summed E-state index contributed by atoms with van der Waals surface area (Å²) in [7, 11) is 6.38. The lowest BCUT2D eigenvalue weighted by atomic mass is 9.46. The van der Waals surface area contributed by atoms with Gasteiger partial charge in [-0.2, -0.15) is 0 Å². The minimum Gasteiger partial charge on any atom is -0.504 e. The van der Waals surface area contributed by atoms with E-state index in [1.165, 1.54) is 16.7 Å². The molecule has 2 bridgehead atoms. The van der Waals surface area contributed by atoms with Gasteiger partial charge >= 0.3 is 0 Å². The standard InChI is InChI=1S/C34H38BrN3O3S/c1-36(2)34-15-13-26(37(3)29(40)12-10-25-20-24(35)21-42-25)32-33(34)16-18-38(17-14-22-7-5-4-6-8-22)28(34)19-23-9-11-27(39)31(41-32)30(23)33/h4-12,20-21,26,28,32,39H,13-19H2,1-3H3/b12-10+/t26-,28+,32-,33-,34+/m0/s1. The number of rotatable bonds is 7. The Balaban J connectivity index is 1.27. The molecule has 2 aromatic carbocycles. The zero-order chi connectivity index (χ0) is 29.2. The van der Waals surface area contributed by atoms with E-state index in [0.29, 0.717) is 11.8 Å². The maximum atomic E-state index is 13.6. The average Bonchev–Trinajstić information content (AvgIpc) is 3.57. The van der Waals surface area contributed by atoms with Gasteiger partial charge in [0.2, 0.25) is 5.91 Å². The first-order valence-electron chi connectivity index (χ1n) is 14.9. The largest absolute Gasteiger partial charge is 0.504 e. The number of hydrogen-bond acceptors (Lipinski definition) is 6. The smallest absolute Gasteiger partial charge is 0.246 e. The van der Waals surface area contributed by atoms with E-state index in [0.717, 1.165) is 54.5 Å². The van der Waals surface area contributed by atoms with Crippen molar-refractivity contribution in [2.75, 3.05) is 34.2 Å². The molecule has 2 aliphatic heterocycles. The lowest BCUT2D eigenvalue weighted by Gasteiger charge is -2.69. The number of phenols is 1. The lowest BCUT2D eigenvalue weighted by Crippen LogP contribution is -2.82. The Morgan fingerprint density at radius 1 is 1.19 bits per heavy atom. The summed E-state index contributed by atoms with van der Waals surface area (Å²) in [5, 5.41) is 13.1. The number of likely N-dealkylation sites (N-methyl/N-ethyl adjacent to an activating group) is 2. The number of aromatic hydroxyl groups is 1. The molecule has 220 valence electrons. The van der Waals surface area contributed by atoms with Crippen molar-refractivity contribution in [2.45, 2.75) is 61.2 Å². The van der Waals surface area contributed by atoms with Gasteiger partial charge in [0.15, 0.2) is 11.5 Å². The minimum absolute atomic E-state index is 0.0186. The number of thiophene rings is 1. The van der Waals surface area contributed by atoms with Crippen LogP contribution in [0.1, 0.15) is 40.8 Å². The number of phenolic OH excluding ortho intramolecular Hbond substituents is 1. The summed E-state index contributed by atoms with van der Waals surface area (Å²) in [6, 6.07) is 17.0. The highest BCUT2D eigenvalue weighted by Gasteiger charge is 2.74. The van der Waals surface area contributed by atoms with Crippen LogP contribution in [0.4, 0.5) is 0 Å². The summed E-state index contributed by atoms with van der Waals surface area (Å²) < 4.78 is 7.90. The average molecular weight is 649 g/mol. The summed E-state index contributed by atoms with van der Waals surface area (Å²) in [5.74, 6) is 0.840. The first kappa shape index (κ1) is 28.1. The number of carbonyl (C=O) groups excluding carboxylic acids is 1. The maximum Gasteiger partial charge on any atom is 0.246 e. The van der Waals surface area contributed by atoms with Gasteiger partial charge in [-0.05, 0) is 98.0 Å². The molecule has 2 aliphatic carbocycles. The third-order valence-electron chi connectivity index (χ3n) is 10.7. The number of likely N-dealkylation sites (tertiary alicyclic amines) is 1. The van der Waals surface area contributed by atoms with Crippen LogP contribution in [0.5, 0.6) is 11.5 Å². The second-order valence-corrected chi connectivity index (χ2v) is 14.4. The Kier molecular flexibility index (Phi) is 7.04. The van der Waals surface area contributed by atoms with Crippen molar-refractivity contribution in [3.05, 3.63) is 86.0 Å². The van der Waals surface area contributed by atoms with E-state index in [4.69, 9.17) is 4.74 Å². The van der Waals surface area contributed by atoms with Gasteiger partial charge in [-0.15, -0.1) is 11.3 Å². The molecule has 1 N–H and O–H groups in total. The number of nitrogens with zero attached hydrogens (tertiary/aromatic N) is 3. The second-order valence-electron chi connectivity index (χ2n) is 12.6. The molecule has 0 unspecified atom stereocenters. The minimum atomic E-state index is -0.314. The van der Waals surface area contributed by atoms with Crippen molar-refractivity contribution >= 4 is 39.2 Å². The lowest BCUT2D eigenvalue weighted by molar-refractivity contribution is -0.160. The summed E-state index contributed by atoms with van der Waals surface area (Å²) in [4.78, 5) is 21.7. The van der Waals surface area contributed by atoms with Gasteiger partial charge in [0.05, 0.1) is 11.5 Å². The van der Waals surface area contributed by atoms with Crippen LogP contribution in [-0.2, 0) is 23.1 Å². The monoisotopic (exact) mass is 647 g/mol. The van der Waals surface area contributed by atoms with Gasteiger partial charge in [0.1, 0.15) is 6.10 Å². The van der Waals surface area contributed by atoms with Crippen LogP contribution in [-0.4, -0.2) is 83.7 Å². The van der Waals surface area contributed by atoms with E-state index in [-0.39, 0.29) is 34.8 Å². The first-order chi connectivity index (χ1) is 20.3. The normalized spacial score (nSPS) is 29.5. The van der Waals surface area contributed by atoms with Gasteiger partial charge in [0, 0.05) is 51.5 Å². The Labute approximate surface area is 260 Å². The van der Waals surface area contributed by atoms with Crippen LogP contribution in [0.3, 0.4) is 0 Å². The van der Waals surface area contributed by atoms with Crippen molar-refractivity contribution in [1.29, 1.82) is 0 Å². The molecule has 8 heteroatoms. The number of carbonyl (C=O) groups is 1. The second kappa shape index (κ2) is 10.5. The maximum absolute atomic E-state index is 13.6. The third-order valence-corrected chi connectivity index (χ3v) is 12.4. The fourth-order valence-corrected chi connectivity index (χ4v) is 10.3. The number of halogens is 1. The van der Waals surface area contributed by atoms with Crippen molar-refractivity contribution in [1.82, 2.24) is 14.7 Å². The highest BCUT2D eigenvalue weighted by molar-refractivity contribution is 9.10. The zero-order valence-corrected chi connectivity index (χ0v) is 26.8. The first-order valence-corrected chi connectivity index (χ1v) is 16.6. The van der Waals surface area contributed by atoms with E-state index in [9.17, 15) is 9.90 Å². The molecule has 7 rings (SSSR count). The van der Waals surface area contributed by atoms with Crippen LogP contribution in [0.25, 0.3) is 6.08 Å². The van der Waals surface area contributed by atoms with E-state index < -0.39 is 0 Å². The Hall–Kier alpha value is -2.65. The molecule has 2 fully saturated rings. The Bertz CT molecular complexity index is 1540. The van der Waals surface area contributed by atoms with Crippen molar-refractivity contribution in [3.8, 4) is 11.5 Å². The molecule has 1 saturated carbocycles. The van der Waals surface area contributed by atoms with Gasteiger partial charge in [-0.25, -0.2) is 0 Å². The van der Waals surface area contributed by atoms with Crippen LogP contribution in [0, 0.1) is 0 Å². The van der Waals surface area contributed by atoms with Crippen LogP contribution in [0.15, 0.2) is 64.5 Å². The van der Waals surface area contributed by atoms with Gasteiger partial charge in [-0.3, -0.25) is 9.69 Å². The van der Waals surface area contributed by atoms with Crippen LogP contribution < -0.4 is 4.74 Å². The fourth-order valence-electron chi connectivity index (χ4n) is 8.96. The number of benzene rings is 2. The summed E-state index contributed by atoms with van der Waals surface area (Å²) in [6.45, 7) is 1.98. The number of hydrogen-bond donors (Lipinski definition) is 1. The highest BCUT2D eigenvalue weighted by atomic mass is 79.9. The molecule has 1 amide bonds. The number of piperidine rings is 1. The summed E-state index contributed by atoms with van der Waals surface area (Å²) in [6.07, 6.45) is 8.05. The Morgan fingerprint density at radius 3 is 2.74 bits per heavy atom. The molecule has 3 heterocycles. The molecule has 4 aliphatic rings. The molecule has 1 aromatic heterocycles. The van der Waals surface area contributed by atoms with Crippen LogP contribution in [0.2, 0.25) is 0 Å². The summed E-state index contributed by atoms with van der Waals surface area (Å²) in [5.41, 5.74) is 3.37. The van der Waals surface area contributed by atoms with Crippen molar-refractivity contribution < 1.29 is 14.6 Å². The Morgan fingerprint density at radius 2 is 2.00 bits per heavy atom. The quantitative estimate of drug-likeness (QED) is 0.332. The van der Waals surface area contributed by atoms with E-state index in [1.807, 2.05) is 29.5 Å². The van der Waals surface area contributed by atoms with Crippen LogP contribution >= 0.6 is 27.3 Å². The van der Waals surface area contributed by atoms with E-state index in [1.54, 1.807) is 23.5 Å². The predicted molar refractivity (Wildman–Crippen MR) is 171 cm³/mol. The zero-order valence-electron chi connectivity index (χ0n) is 24.4. The topological polar surface area (TPSA) is 56.2 Å². The SMILES string of the molecule is CN(C(=O)/C=C/c1cc(Br)cs1)[C@H]1CC[C@@]2(N(C)C)[C@H]3Cc4ccc(O)c5c4[C@@]2(CCN3CCc2ccccc2)[C@H]1O5. The fraction of sp³-hybridized carbons (Fsp3) is 0.441. The van der Waals surface area contributed by atoms with E-state index in [2.05, 4.69) is 76.2 Å². The molecular weight excluding hydrogens is 610 g/mol. The van der Waals surface area contributed by atoms with Crippen molar-refractivity contribution in [2.24, 2.45) is 0 Å².